The lowest BCUT2D eigenvalue weighted by molar-refractivity contribution is 0.102. The number of nitrogens with zero attached hydrogens (tertiary/aromatic N) is 2. The van der Waals surface area contributed by atoms with E-state index in [1.54, 1.807) is 25.1 Å². The molecule has 0 atom stereocenters. The Hall–Kier alpha value is -1.66. The lowest BCUT2D eigenvalue weighted by Gasteiger charge is -2.09. The van der Waals surface area contributed by atoms with Gasteiger partial charge in [0.05, 0.1) is 0 Å². The largest absolute Gasteiger partial charge is 0.398 e. The molecule has 1 aromatic heterocycles. The molecule has 19 heavy (non-hydrogen) atoms. The average Bonchev–Trinajstić information content (AvgIpc) is 2.33. The quantitative estimate of drug-likeness (QED) is 0.650. The highest BCUT2D eigenvalue weighted by Gasteiger charge is 2.13. The number of amides is 1. The van der Waals surface area contributed by atoms with E-state index in [4.69, 9.17) is 17.3 Å². The average molecular weight is 342 g/mol. The summed E-state index contributed by atoms with van der Waals surface area (Å²) in [7, 11) is 0. The van der Waals surface area contributed by atoms with Crippen LogP contribution < -0.4 is 11.1 Å². The third-order valence-corrected chi connectivity index (χ3v) is 3.16. The summed E-state index contributed by atoms with van der Waals surface area (Å²) in [6.45, 7) is 1.78. The summed E-state index contributed by atoms with van der Waals surface area (Å²) in [6, 6.07) is 5.00. The minimum Gasteiger partial charge on any atom is -0.398 e. The van der Waals surface area contributed by atoms with E-state index in [2.05, 4.69) is 31.2 Å². The molecule has 0 saturated heterocycles. The minimum atomic E-state index is -0.305. The molecule has 1 heterocycles. The van der Waals surface area contributed by atoms with Gasteiger partial charge in [-0.05, 0) is 42.3 Å². The normalized spacial score (nSPS) is 10.3. The van der Waals surface area contributed by atoms with Gasteiger partial charge in [0.1, 0.15) is 5.82 Å². The van der Waals surface area contributed by atoms with Gasteiger partial charge in [0, 0.05) is 21.9 Å². The van der Waals surface area contributed by atoms with Gasteiger partial charge in [-0.2, -0.15) is 0 Å². The smallest absolute Gasteiger partial charge is 0.257 e. The fourth-order valence-corrected chi connectivity index (χ4v) is 2.15. The van der Waals surface area contributed by atoms with Gasteiger partial charge >= 0.3 is 0 Å². The van der Waals surface area contributed by atoms with Crippen molar-refractivity contribution in [2.24, 2.45) is 0 Å². The Labute approximate surface area is 123 Å². The predicted molar refractivity (Wildman–Crippen MR) is 78.3 cm³/mol. The summed E-state index contributed by atoms with van der Waals surface area (Å²) in [6.07, 6.45) is 1.47. The van der Waals surface area contributed by atoms with Crippen LogP contribution >= 0.6 is 27.5 Å². The van der Waals surface area contributed by atoms with E-state index in [-0.39, 0.29) is 11.2 Å². The van der Waals surface area contributed by atoms with E-state index in [1.165, 1.54) is 6.20 Å². The Balaban J connectivity index is 2.30. The zero-order chi connectivity index (χ0) is 14.0. The first-order chi connectivity index (χ1) is 8.97. The molecule has 0 radical (unpaired) electrons. The second kappa shape index (κ2) is 5.54. The van der Waals surface area contributed by atoms with Crippen molar-refractivity contribution >= 4 is 44.9 Å². The Morgan fingerprint density at radius 3 is 2.89 bits per heavy atom. The maximum absolute atomic E-state index is 12.2. The van der Waals surface area contributed by atoms with Gasteiger partial charge in [0.25, 0.3) is 5.91 Å². The first kappa shape index (κ1) is 13.8. The molecule has 0 fully saturated rings. The van der Waals surface area contributed by atoms with Gasteiger partial charge in [0.2, 0.25) is 5.28 Å². The third-order valence-electron chi connectivity index (χ3n) is 2.53. The van der Waals surface area contributed by atoms with Crippen molar-refractivity contribution in [2.45, 2.75) is 6.92 Å². The number of carbonyl (C=O) groups excluding carboxylic acids is 1. The van der Waals surface area contributed by atoms with Gasteiger partial charge in [-0.3, -0.25) is 4.79 Å². The lowest BCUT2D eigenvalue weighted by atomic mass is 10.1. The number of aromatic nitrogens is 2. The van der Waals surface area contributed by atoms with Gasteiger partial charge in [0.15, 0.2) is 0 Å². The highest BCUT2D eigenvalue weighted by molar-refractivity contribution is 9.10. The number of benzene rings is 1. The second-order valence-electron chi connectivity index (χ2n) is 3.83. The molecule has 98 valence electrons. The highest BCUT2D eigenvalue weighted by Crippen LogP contribution is 2.23. The van der Waals surface area contributed by atoms with E-state index in [9.17, 15) is 4.79 Å². The van der Waals surface area contributed by atoms with Crippen LogP contribution in [0.25, 0.3) is 0 Å². The van der Waals surface area contributed by atoms with Gasteiger partial charge in [-0.15, -0.1) is 0 Å². The maximum Gasteiger partial charge on any atom is 0.257 e. The van der Waals surface area contributed by atoms with E-state index in [1.807, 2.05) is 0 Å². The fourth-order valence-electron chi connectivity index (χ4n) is 1.52. The zero-order valence-corrected chi connectivity index (χ0v) is 12.3. The van der Waals surface area contributed by atoms with Crippen molar-refractivity contribution in [3.63, 3.8) is 0 Å². The minimum absolute atomic E-state index is 0.0725. The van der Waals surface area contributed by atoms with E-state index >= 15 is 0 Å². The molecule has 0 aliphatic carbocycles. The molecule has 1 amide bonds. The maximum atomic E-state index is 12.2. The Kier molecular flexibility index (Phi) is 4.01. The number of anilines is 2. The molecule has 3 N–H and O–H groups in total. The summed E-state index contributed by atoms with van der Waals surface area (Å²) in [5.41, 5.74) is 7.54. The van der Waals surface area contributed by atoms with E-state index in [0.29, 0.717) is 22.6 Å². The number of rotatable bonds is 2. The molecule has 0 saturated carbocycles. The number of hydrogen-bond acceptors (Lipinski definition) is 4. The molecule has 0 aliphatic rings. The molecule has 5 nitrogen and oxygen atoms in total. The molecule has 0 unspecified atom stereocenters. The number of carbonyl (C=O) groups is 1. The third kappa shape index (κ3) is 3.21. The first-order valence-electron chi connectivity index (χ1n) is 5.33. The number of halogens is 2. The standard InChI is InChI=1S/C12H10BrClN4O/c1-6-8(4-7(13)5-9(6)15)11(19)17-10-2-3-16-12(14)18-10/h2-5H,15H2,1H3,(H,16,17,18,19). The molecule has 0 spiro atoms. The molecular weight excluding hydrogens is 332 g/mol. The van der Waals surface area contributed by atoms with E-state index in [0.717, 1.165) is 4.47 Å². The van der Waals surface area contributed by atoms with Crippen molar-refractivity contribution < 1.29 is 4.79 Å². The number of nitrogens with two attached hydrogens (primary N) is 1. The number of hydrogen-bond donors (Lipinski definition) is 2. The SMILES string of the molecule is Cc1c(N)cc(Br)cc1C(=O)Nc1ccnc(Cl)n1. The van der Waals surface area contributed by atoms with Gasteiger partial charge in [-0.25, -0.2) is 9.97 Å². The van der Waals surface area contributed by atoms with Crippen LogP contribution in [0.5, 0.6) is 0 Å². The Morgan fingerprint density at radius 2 is 2.21 bits per heavy atom. The monoisotopic (exact) mass is 340 g/mol. The first-order valence-corrected chi connectivity index (χ1v) is 6.50. The topological polar surface area (TPSA) is 80.9 Å². The summed E-state index contributed by atoms with van der Waals surface area (Å²) >= 11 is 8.96. The van der Waals surface area contributed by atoms with Gasteiger partial charge < -0.3 is 11.1 Å². The van der Waals surface area contributed by atoms with Crippen molar-refractivity contribution in [1.29, 1.82) is 0 Å². The summed E-state index contributed by atoms with van der Waals surface area (Å²) in [5, 5.41) is 2.72. The Morgan fingerprint density at radius 1 is 1.47 bits per heavy atom. The van der Waals surface area contributed by atoms with Crippen LogP contribution in [0.2, 0.25) is 5.28 Å². The summed E-state index contributed by atoms with van der Waals surface area (Å²) in [5.74, 6) is 0.0308. The number of nitrogens with one attached hydrogen (secondary N) is 1. The summed E-state index contributed by atoms with van der Waals surface area (Å²) in [4.78, 5) is 19.8. The molecule has 0 aliphatic heterocycles. The zero-order valence-electron chi connectivity index (χ0n) is 9.95. The van der Waals surface area contributed by atoms with Crippen molar-refractivity contribution in [1.82, 2.24) is 9.97 Å². The van der Waals surface area contributed by atoms with Crippen LogP contribution in [0.15, 0.2) is 28.9 Å². The van der Waals surface area contributed by atoms with Crippen LogP contribution in [-0.4, -0.2) is 15.9 Å². The molecule has 2 aromatic rings. The Bertz CT molecular complexity index is 648. The molecule has 0 bridgehead atoms. The predicted octanol–water partition coefficient (Wildman–Crippen LogP) is 3.04. The molecular formula is C12H10BrClN4O. The van der Waals surface area contributed by atoms with E-state index < -0.39 is 0 Å². The van der Waals surface area contributed by atoms with Crippen molar-refractivity contribution in [2.75, 3.05) is 11.1 Å². The molecule has 7 heteroatoms. The molecule has 2 rings (SSSR count). The van der Waals surface area contributed by atoms with Crippen LogP contribution in [0.3, 0.4) is 0 Å². The van der Waals surface area contributed by atoms with Gasteiger partial charge in [-0.1, -0.05) is 15.9 Å². The lowest BCUT2D eigenvalue weighted by Crippen LogP contribution is -2.15. The van der Waals surface area contributed by atoms with Crippen molar-refractivity contribution in [3.8, 4) is 0 Å². The highest BCUT2D eigenvalue weighted by atomic mass is 79.9. The van der Waals surface area contributed by atoms with Crippen LogP contribution in [0.4, 0.5) is 11.5 Å². The summed E-state index contributed by atoms with van der Waals surface area (Å²) < 4.78 is 0.737. The number of nitrogen functional groups attached to an aromatic ring is 1. The van der Waals surface area contributed by atoms with Crippen LogP contribution in [-0.2, 0) is 0 Å². The van der Waals surface area contributed by atoms with Crippen LogP contribution in [0, 0.1) is 6.92 Å². The van der Waals surface area contributed by atoms with Crippen molar-refractivity contribution in [3.05, 3.63) is 45.3 Å². The van der Waals surface area contributed by atoms with Crippen LogP contribution in [0.1, 0.15) is 15.9 Å². The fraction of sp³-hybridized carbons (Fsp3) is 0.0833. The second-order valence-corrected chi connectivity index (χ2v) is 5.09. The molecule has 1 aromatic carbocycles.